The van der Waals surface area contributed by atoms with Crippen LogP contribution in [-0.4, -0.2) is 57.8 Å². The fourth-order valence-corrected chi connectivity index (χ4v) is 4.00. The van der Waals surface area contributed by atoms with Crippen molar-refractivity contribution in [1.29, 1.82) is 0 Å². The van der Waals surface area contributed by atoms with E-state index < -0.39 is 5.91 Å². The number of aliphatic hydroxyl groups excluding tert-OH is 1. The van der Waals surface area contributed by atoms with E-state index in [2.05, 4.69) is 15.0 Å². The second-order valence-corrected chi connectivity index (χ2v) is 7.78. The van der Waals surface area contributed by atoms with Crippen LogP contribution in [0.1, 0.15) is 16.9 Å². The largest absolute Gasteiger partial charge is 0.396 e. The summed E-state index contributed by atoms with van der Waals surface area (Å²) in [6, 6.07) is 16.7. The Balaban J connectivity index is 1.56. The Morgan fingerprint density at radius 3 is 2.91 bits per heavy atom. The number of rotatable bonds is 5. The number of anilines is 1. The highest BCUT2D eigenvalue weighted by atomic mass is 16.5. The van der Waals surface area contributed by atoms with Gasteiger partial charge in [0.05, 0.1) is 23.2 Å². The lowest BCUT2D eigenvalue weighted by atomic mass is 10.2. The number of para-hydroxylation sites is 1. The number of ether oxygens (including phenoxy) is 1. The maximum Gasteiger partial charge on any atom is 0.298 e. The lowest BCUT2D eigenvalue weighted by molar-refractivity contribution is -0.125. The van der Waals surface area contributed by atoms with Gasteiger partial charge in [-0.25, -0.2) is 4.98 Å². The minimum Gasteiger partial charge on any atom is -0.396 e. The zero-order valence-electron chi connectivity index (χ0n) is 17.9. The van der Waals surface area contributed by atoms with Gasteiger partial charge in [-0.05, 0) is 36.8 Å². The Hall–Kier alpha value is -3.82. The Bertz CT molecular complexity index is 1420. The molecule has 1 aliphatic heterocycles. The molecule has 2 N–H and O–H groups in total. The molecule has 2 amide bonds. The second-order valence-electron chi connectivity index (χ2n) is 7.78. The monoisotopic (exact) mass is 445 g/mol. The molecule has 0 atom stereocenters. The number of benzene rings is 2. The topological polar surface area (TPSA) is 113 Å². The molecule has 0 bridgehead atoms. The van der Waals surface area contributed by atoms with Gasteiger partial charge in [-0.3, -0.25) is 9.59 Å². The second kappa shape index (κ2) is 8.97. The van der Waals surface area contributed by atoms with Crippen molar-refractivity contribution in [1.82, 2.24) is 14.5 Å². The number of carbonyl (C=O) groups excluding carboxylic acids is 2. The number of aromatic amines is 1. The third-order valence-corrected chi connectivity index (χ3v) is 5.64. The Labute approximate surface area is 189 Å². The van der Waals surface area contributed by atoms with Crippen LogP contribution in [0.5, 0.6) is 0 Å². The first-order valence-corrected chi connectivity index (χ1v) is 10.8. The Morgan fingerprint density at radius 2 is 2.06 bits per heavy atom. The molecule has 5 rings (SSSR count). The highest BCUT2D eigenvalue weighted by molar-refractivity contribution is 5.97. The molecule has 1 aliphatic rings. The Kier molecular flexibility index (Phi) is 5.72. The molecule has 9 heteroatoms. The van der Waals surface area contributed by atoms with Gasteiger partial charge in [-0.2, -0.15) is 4.99 Å². The van der Waals surface area contributed by atoms with E-state index in [1.165, 1.54) is 0 Å². The predicted octanol–water partition coefficient (Wildman–Crippen LogP) is 2.00. The standard InChI is InChI=1S/C24H23N5O4/c30-12-3-10-29-21-9-7-17(28-11-13-33-15-22(28)31)14-20(21)26-24(29)27-23(32)19-8-6-16-4-1-2-5-18(16)25-19/h1-2,4-9,14,30H,3,10-13,15H2,(H,26,27,32). The number of pyridine rings is 1. The number of aliphatic hydroxyl groups is 1. The van der Waals surface area contributed by atoms with Gasteiger partial charge in [0.25, 0.3) is 11.8 Å². The normalized spacial score (nSPS) is 15.0. The number of morpholine rings is 1. The average Bonchev–Trinajstić information content (AvgIpc) is 3.18. The van der Waals surface area contributed by atoms with E-state index in [4.69, 9.17) is 4.74 Å². The van der Waals surface area contributed by atoms with Crippen LogP contribution in [-0.2, 0) is 16.1 Å². The molecule has 0 spiro atoms. The highest BCUT2D eigenvalue weighted by Crippen LogP contribution is 2.22. The molecular formula is C24H23N5O4. The summed E-state index contributed by atoms with van der Waals surface area (Å²) < 4.78 is 7.07. The van der Waals surface area contributed by atoms with E-state index in [9.17, 15) is 14.7 Å². The number of hydrogen-bond donors (Lipinski definition) is 2. The van der Waals surface area contributed by atoms with E-state index in [0.29, 0.717) is 31.7 Å². The fraction of sp³-hybridized carbons (Fsp3) is 0.250. The first kappa shape index (κ1) is 21.0. The van der Waals surface area contributed by atoms with Crippen LogP contribution < -0.4 is 10.5 Å². The van der Waals surface area contributed by atoms with Crippen molar-refractivity contribution in [3.63, 3.8) is 0 Å². The number of imidazole rings is 1. The van der Waals surface area contributed by atoms with Crippen LogP contribution in [0.3, 0.4) is 0 Å². The van der Waals surface area contributed by atoms with E-state index >= 15 is 0 Å². The van der Waals surface area contributed by atoms with Crippen molar-refractivity contribution in [3.05, 3.63) is 65.9 Å². The number of amides is 2. The van der Waals surface area contributed by atoms with Crippen LogP contribution >= 0.6 is 0 Å². The molecule has 1 fully saturated rings. The van der Waals surface area contributed by atoms with Gasteiger partial charge in [0, 0.05) is 30.8 Å². The van der Waals surface area contributed by atoms with Gasteiger partial charge in [0.1, 0.15) is 12.3 Å². The van der Waals surface area contributed by atoms with Crippen molar-refractivity contribution >= 4 is 39.4 Å². The summed E-state index contributed by atoms with van der Waals surface area (Å²) in [4.78, 5) is 38.8. The number of nitrogens with zero attached hydrogens (tertiary/aromatic N) is 4. The predicted molar refractivity (Wildman–Crippen MR) is 123 cm³/mol. The molecule has 33 heavy (non-hydrogen) atoms. The number of aryl methyl sites for hydroxylation is 1. The third-order valence-electron chi connectivity index (χ3n) is 5.64. The molecule has 0 saturated carbocycles. The Morgan fingerprint density at radius 1 is 1.18 bits per heavy atom. The smallest absolute Gasteiger partial charge is 0.298 e. The minimum absolute atomic E-state index is 0.0135. The molecule has 2 aromatic heterocycles. The summed E-state index contributed by atoms with van der Waals surface area (Å²) in [5.41, 5.74) is 3.65. The van der Waals surface area contributed by atoms with Gasteiger partial charge in [0.2, 0.25) is 5.62 Å². The maximum atomic E-state index is 12.9. The molecular weight excluding hydrogens is 422 g/mol. The summed E-state index contributed by atoms with van der Waals surface area (Å²) in [6.45, 7) is 1.52. The number of nitrogens with one attached hydrogen (secondary N) is 1. The van der Waals surface area contributed by atoms with Gasteiger partial charge in [-0.15, -0.1) is 0 Å². The van der Waals surface area contributed by atoms with E-state index in [1.54, 1.807) is 11.0 Å². The summed E-state index contributed by atoms with van der Waals surface area (Å²) in [6.07, 6.45) is 0.506. The first-order chi connectivity index (χ1) is 16.1. The van der Waals surface area contributed by atoms with Crippen LogP contribution in [0.4, 0.5) is 5.69 Å². The lowest BCUT2D eigenvalue weighted by Crippen LogP contribution is -2.41. The van der Waals surface area contributed by atoms with Crippen molar-refractivity contribution in [2.75, 3.05) is 31.3 Å². The summed E-state index contributed by atoms with van der Waals surface area (Å²) in [7, 11) is 0. The molecule has 3 heterocycles. The number of fused-ring (bicyclic) bond motifs is 2. The zero-order valence-corrected chi connectivity index (χ0v) is 17.9. The summed E-state index contributed by atoms with van der Waals surface area (Å²) >= 11 is 0. The van der Waals surface area contributed by atoms with E-state index in [0.717, 1.165) is 27.6 Å². The molecule has 0 unspecified atom stereocenters. The third kappa shape index (κ3) is 4.15. The number of H-pyrrole nitrogens is 1. The molecule has 0 aliphatic carbocycles. The maximum absolute atomic E-state index is 12.9. The number of carbonyl (C=O) groups is 2. The van der Waals surface area contributed by atoms with Gasteiger partial charge < -0.3 is 24.3 Å². The number of hydrogen-bond acceptors (Lipinski definition) is 5. The molecule has 4 aromatic rings. The van der Waals surface area contributed by atoms with Crippen molar-refractivity contribution < 1.29 is 19.4 Å². The van der Waals surface area contributed by atoms with Gasteiger partial charge >= 0.3 is 0 Å². The van der Waals surface area contributed by atoms with Crippen molar-refractivity contribution in [2.45, 2.75) is 13.0 Å². The average molecular weight is 445 g/mol. The molecule has 1 saturated heterocycles. The lowest BCUT2D eigenvalue weighted by Gasteiger charge is -2.26. The highest BCUT2D eigenvalue weighted by Gasteiger charge is 2.21. The van der Waals surface area contributed by atoms with Crippen LogP contribution in [0.2, 0.25) is 0 Å². The fourth-order valence-electron chi connectivity index (χ4n) is 4.00. The van der Waals surface area contributed by atoms with Gasteiger partial charge in [0.15, 0.2) is 0 Å². The SMILES string of the molecule is O=C(/N=c1\[nH]c2cc(N3CCOCC3=O)ccc2n1CCCO)c1ccc2ccccc2n1. The van der Waals surface area contributed by atoms with Crippen LogP contribution in [0.25, 0.3) is 21.9 Å². The summed E-state index contributed by atoms with van der Waals surface area (Å²) in [5, 5.41) is 10.3. The van der Waals surface area contributed by atoms with Crippen LogP contribution in [0, 0.1) is 0 Å². The van der Waals surface area contributed by atoms with Crippen molar-refractivity contribution in [3.8, 4) is 0 Å². The molecule has 0 radical (unpaired) electrons. The van der Waals surface area contributed by atoms with Crippen LogP contribution in [0.15, 0.2) is 59.6 Å². The van der Waals surface area contributed by atoms with Gasteiger partial charge in [-0.1, -0.05) is 24.3 Å². The van der Waals surface area contributed by atoms with E-state index in [1.807, 2.05) is 53.1 Å². The molecule has 2 aromatic carbocycles. The number of aromatic nitrogens is 3. The molecule has 9 nitrogen and oxygen atoms in total. The zero-order chi connectivity index (χ0) is 22.8. The molecule has 168 valence electrons. The van der Waals surface area contributed by atoms with Crippen molar-refractivity contribution in [2.24, 2.45) is 4.99 Å². The van der Waals surface area contributed by atoms with E-state index in [-0.39, 0.29) is 24.8 Å². The first-order valence-electron chi connectivity index (χ1n) is 10.8. The minimum atomic E-state index is -0.464. The quantitative estimate of drug-likeness (QED) is 0.488. The summed E-state index contributed by atoms with van der Waals surface area (Å²) in [5.74, 6) is -0.559.